The van der Waals surface area contributed by atoms with Gasteiger partial charge in [0.1, 0.15) is 5.52 Å². The second kappa shape index (κ2) is 5.75. The van der Waals surface area contributed by atoms with E-state index in [0.29, 0.717) is 17.6 Å². The van der Waals surface area contributed by atoms with Crippen LogP contribution in [-0.2, 0) is 9.59 Å². The quantitative estimate of drug-likeness (QED) is 0.537. The van der Waals surface area contributed by atoms with Crippen LogP contribution in [0.15, 0.2) is 6.33 Å². The Hall–Kier alpha value is -2.22. The molecule has 2 heterocycles. The molecular formula is C8H8ClN5O3. The molecule has 2 aromatic rings. The van der Waals surface area contributed by atoms with E-state index in [2.05, 4.69) is 25.3 Å². The summed E-state index contributed by atoms with van der Waals surface area (Å²) in [5.41, 5.74) is 0.975. The molecule has 3 N–H and O–H groups in total. The van der Waals surface area contributed by atoms with E-state index in [1.54, 1.807) is 0 Å². The second-order valence-electron chi connectivity index (χ2n) is 2.72. The molecule has 0 saturated heterocycles. The Kier molecular flexibility index (Phi) is 4.35. The van der Waals surface area contributed by atoms with E-state index in [9.17, 15) is 4.79 Å². The van der Waals surface area contributed by atoms with Crippen molar-refractivity contribution in [1.29, 1.82) is 0 Å². The van der Waals surface area contributed by atoms with E-state index < -0.39 is 5.97 Å². The van der Waals surface area contributed by atoms with Gasteiger partial charge in [0.2, 0.25) is 12.4 Å². The Bertz CT molecular complexity index is 537. The van der Waals surface area contributed by atoms with Crippen molar-refractivity contribution in [3.05, 3.63) is 11.5 Å². The monoisotopic (exact) mass is 257 g/mol. The van der Waals surface area contributed by atoms with Crippen molar-refractivity contribution >= 4 is 41.1 Å². The normalized spacial score (nSPS) is 9.29. The van der Waals surface area contributed by atoms with Gasteiger partial charge in [-0.2, -0.15) is 9.97 Å². The Morgan fingerprint density at radius 3 is 2.82 bits per heavy atom. The van der Waals surface area contributed by atoms with Gasteiger partial charge in [0.05, 0.1) is 6.33 Å². The third-order valence-corrected chi connectivity index (χ3v) is 1.69. The molecule has 90 valence electrons. The molecule has 0 saturated carbocycles. The lowest BCUT2D eigenvalue weighted by atomic mass is 10.5. The molecule has 1 amide bonds. The van der Waals surface area contributed by atoms with Gasteiger partial charge in [-0.3, -0.25) is 14.9 Å². The first-order chi connectivity index (χ1) is 8.04. The van der Waals surface area contributed by atoms with Gasteiger partial charge in [-0.15, -0.1) is 0 Å². The fourth-order valence-electron chi connectivity index (χ4n) is 0.918. The topological polar surface area (TPSA) is 121 Å². The molecule has 0 spiro atoms. The number of nitrogens with zero attached hydrogens (tertiary/aromatic N) is 3. The SMILES string of the molecule is CC(=O)O.O=CNc1nc(Cl)c2nc[nH]c2n1. The molecule has 2 rings (SSSR count). The number of rotatable bonds is 2. The van der Waals surface area contributed by atoms with Crippen molar-refractivity contribution in [2.45, 2.75) is 6.92 Å². The van der Waals surface area contributed by atoms with Crippen molar-refractivity contribution in [1.82, 2.24) is 19.9 Å². The number of hydrogen-bond donors (Lipinski definition) is 3. The van der Waals surface area contributed by atoms with Gasteiger partial charge in [-0.25, -0.2) is 4.98 Å². The van der Waals surface area contributed by atoms with Crippen LogP contribution in [0, 0.1) is 0 Å². The largest absolute Gasteiger partial charge is 0.481 e. The number of imidazole rings is 1. The second-order valence-corrected chi connectivity index (χ2v) is 3.08. The minimum absolute atomic E-state index is 0.150. The van der Waals surface area contributed by atoms with E-state index in [1.165, 1.54) is 6.33 Å². The van der Waals surface area contributed by atoms with Crippen LogP contribution in [-0.4, -0.2) is 37.4 Å². The molecule has 0 radical (unpaired) electrons. The number of anilines is 1. The Balaban J connectivity index is 0.000000317. The highest BCUT2D eigenvalue weighted by molar-refractivity contribution is 6.33. The number of fused-ring (bicyclic) bond motifs is 1. The van der Waals surface area contributed by atoms with Crippen molar-refractivity contribution in [3.63, 3.8) is 0 Å². The molecule has 2 aromatic heterocycles. The molecule has 17 heavy (non-hydrogen) atoms. The number of nitrogens with one attached hydrogen (secondary N) is 2. The predicted molar refractivity (Wildman–Crippen MR) is 59.7 cm³/mol. The van der Waals surface area contributed by atoms with Gasteiger partial charge in [0.15, 0.2) is 10.8 Å². The van der Waals surface area contributed by atoms with Crippen LogP contribution < -0.4 is 5.32 Å². The maximum atomic E-state index is 10.1. The van der Waals surface area contributed by atoms with E-state index >= 15 is 0 Å². The molecule has 0 unspecified atom stereocenters. The summed E-state index contributed by atoms with van der Waals surface area (Å²) in [7, 11) is 0. The lowest BCUT2D eigenvalue weighted by Crippen LogP contribution is -2.00. The third-order valence-electron chi connectivity index (χ3n) is 1.42. The van der Waals surface area contributed by atoms with Crippen LogP contribution in [0.2, 0.25) is 5.15 Å². The summed E-state index contributed by atoms with van der Waals surface area (Å²) in [6.07, 6.45) is 1.93. The molecule has 0 aliphatic carbocycles. The van der Waals surface area contributed by atoms with Gasteiger partial charge in [0, 0.05) is 6.92 Å². The van der Waals surface area contributed by atoms with Crippen LogP contribution in [0.4, 0.5) is 5.95 Å². The van der Waals surface area contributed by atoms with Crippen LogP contribution in [0.25, 0.3) is 11.2 Å². The number of aliphatic carboxylic acids is 1. The standard InChI is InChI=1S/C6H4ClN5O.C2H4O2/c7-4-3-5(9-1-8-3)12-6(11-4)10-2-13;1-2(3)4/h1-2H,(H2,8,9,10,11,12,13);1H3,(H,3,4). The van der Waals surface area contributed by atoms with Crippen molar-refractivity contribution in [2.75, 3.05) is 5.32 Å². The summed E-state index contributed by atoms with van der Waals surface area (Å²) in [5, 5.41) is 9.92. The lowest BCUT2D eigenvalue weighted by Gasteiger charge is -1.96. The highest BCUT2D eigenvalue weighted by atomic mass is 35.5. The van der Waals surface area contributed by atoms with Gasteiger partial charge >= 0.3 is 0 Å². The molecule has 8 nitrogen and oxygen atoms in total. The number of hydrogen-bond acceptors (Lipinski definition) is 5. The smallest absolute Gasteiger partial charge is 0.300 e. The Labute approximate surface area is 100 Å². The Morgan fingerprint density at radius 1 is 1.59 bits per heavy atom. The number of carbonyl (C=O) groups is 2. The van der Waals surface area contributed by atoms with E-state index in [0.717, 1.165) is 6.92 Å². The first-order valence-corrected chi connectivity index (χ1v) is 4.68. The van der Waals surface area contributed by atoms with Crippen molar-refractivity contribution < 1.29 is 14.7 Å². The summed E-state index contributed by atoms with van der Waals surface area (Å²) >= 11 is 5.75. The predicted octanol–water partition coefficient (Wildman–Crippen LogP) is 0.665. The zero-order valence-corrected chi connectivity index (χ0v) is 9.39. The summed E-state index contributed by atoms with van der Waals surface area (Å²) < 4.78 is 0. The minimum Gasteiger partial charge on any atom is -0.481 e. The number of carboxylic acid groups (broad SMARTS) is 1. The van der Waals surface area contributed by atoms with Crippen LogP contribution >= 0.6 is 11.6 Å². The number of carbonyl (C=O) groups excluding carboxylic acids is 1. The van der Waals surface area contributed by atoms with Gasteiger partial charge in [-0.05, 0) is 0 Å². The van der Waals surface area contributed by atoms with E-state index in [4.69, 9.17) is 21.5 Å². The number of H-pyrrole nitrogens is 1. The Morgan fingerprint density at radius 2 is 2.24 bits per heavy atom. The van der Waals surface area contributed by atoms with Crippen molar-refractivity contribution in [2.24, 2.45) is 0 Å². The average molecular weight is 258 g/mol. The zero-order valence-electron chi connectivity index (χ0n) is 8.64. The number of aromatic amines is 1. The molecule has 9 heteroatoms. The summed E-state index contributed by atoms with van der Waals surface area (Å²) in [5.74, 6) is -0.684. The summed E-state index contributed by atoms with van der Waals surface area (Å²) in [4.78, 5) is 33.5. The van der Waals surface area contributed by atoms with Crippen molar-refractivity contribution in [3.8, 4) is 0 Å². The number of amides is 1. The zero-order chi connectivity index (χ0) is 12.8. The average Bonchev–Trinajstić information content (AvgIpc) is 2.65. The molecular weight excluding hydrogens is 250 g/mol. The van der Waals surface area contributed by atoms with Gasteiger partial charge in [0.25, 0.3) is 5.97 Å². The summed E-state index contributed by atoms with van der Waals surface area (Å²) in [6.45, 7) is 1.08. The number of aromatic nitrogens is 4. The highest BCUT2D eigenvalue weighted by Gasteiger charge is 2.06. The molecule has 0 atom stereocenters. The third kappa shape index (κ3) is 3.68. The first kappa shape index (κ1) is 12.8. The van der Waals surface area contributed by atoms with Crippen LogP contribution in [0.3, 0.4) is 0 Å². The van der Waals surface area contributed by atoms with E-state index in [1.807, 2.05) is 0 Å². The van der Waals surface area contributed by atoms with Gasteiger partial charge in [-0.1, -0.05) is 11.6 Å². The summed E-state index contributed by atoms with van der Waals surface area (Å²) in [6, 6.07) is 0. The molecule has 0 bridgehead atoms. The molecule has 0 aliphatic heterocycles. The van der Waals surface area contributed by atoms with Crippen LogP contribution in [0.5, 0.6) is 0 Å². The highest BCUT2D eigenvalue weighted by Crippen LogP contribution is 2.17. The van der Waals surface area contributed by atoms with Gasteiger partial charge < -0.3 is 10.1 Å². The van der Waals surface area contributed by atoms with Crippen LogP contribution in [0.1, 0.15) is 6.92 Å². The first-order valence-electron chi connectivity index (χ1n) is 4.31. The molecule has 0 aliphatic rings. The minimum atomic E-state index is -0.833. The lowest BCUT2D eigenvalue weighted by molar-refractivity contribution is -0.134. The maximum Gasteiger partial charge on any atom is 0.300 e. The number of halogens is 1. The fourth-order valence-corrected chi connectivity index (χ4v) is 1.14. The number of carboxylic acids is 1. The maximum absolute atomic E-state index is 10.1. The molecule has 0 aromatic carbocycles. The van der Waals surface area contributed by atoms with E-state index in [-0.39, 0.29) is 11.1 Å². The molecule has 0 fully saturated rings. The fraction of sp³-hybridized carbons (Fsp3) is 0.125.